The zero-order valence-electron chi connectivity index (χ0n) is 12.4. The van der Waals surface area contributed by atoms with E-state index in [0.29, 0.717) is 5.56 Å². The minimum atomic E-state index is -0.772. The molecule has 0 unspecified atom stereocenters. The first kappa shape index (κ1) is 17.1. The van der Waals surface area contributed by atoms with Gasteiger partial charge in [-0.05, 0) is 29.8 Å². The highest BCUT2D eigenvalue weighted by Crippen LogP contribution is 2.34. The standard InChI is InChI=1S/C16H8N4O5/c17-9-12(10-18)7-11-1-4-14(5-2-11)25-16-6-3-13(19(21)22)8-15(16)20(23)24/h1-8H. The maximum Gasteiger partial charge on any atom is 0.318 e. The third-order valence-corrected chi connectivity index (χ3v) is 3.01. The number of nitriles is 2. The van der Waals surface area contributed by atoms with Crippen molar-refractivity contribution >= 4 is 17.5 Å². The van der Waals surface area contributed by atoms with Crippen molar-refractivity contribution < 1.29 is 14.6 Å². The molecule has 0 fully saturated rings. The lowest BCUT2D eigenvalue weighted by Crippen LogP contribution is -1.96. The van der Waals surface area contributed by atoms with Gasteiger partial charge in [-0.15, -0.1) is 0 Å². The number of nitro benzene ring substituents is 2. The molecule has 0 heterocycles. The van der Waals surface area contributed by atoms with E-state index < -0.39 is 21.2 Å². The SMILES string of the molecule is N#CC(C#N)=Cc1ccc(Oc2ccc([N+](=O)[O-])cc2[N+](=O)[O-])cc1. The molecule has 2 aromatic carbocycles. The molecule has 2 aromatic rings. The van der Waals surface area contributed by atoms with Crippen molar-refractivity contribution in [1.29, 1.82) is 10.5 Å². The zero-order valence-corrected chi connectivity index (χ0v) is 12.4. The van der Waals surface area contributed by atoms with Crippen LogP contribution < -0.4 is 4.74 Å². The number of ether oxygens (including phenoxy) is 1. The van der Waals surface area contributed by atoms with Gasteiger partial charge in [-0.1, -0.05) is 12.1 Å². The van der Waals surface area contributed by atoms with E-state index in [1.165, 1.54) is 18.2 Å². The van der Waals surface area contributed by atoms with Crippen LogP contribution in [-0.4, -0.2) is 9.85 Å². The normalized spacial score (nSPS) is 9.36. The predicted octanol–water partition coefficient (Wildman–Crippen LogP) is 3.73. The molecule has 0 aliphatic rings. The topological polar surface area (TPSA) is 143 Å². The van der Waals surface area contributed by atoms with E-state index in [-0.39, 0.29) is 17.1 Å². The number of hydrogen-bond acceptors (Lipinski definition) is 7. The average molecular weight is 336 g/mol. The molecule has 9 heteroatoms. The van der Waals surface area contributed by atoms with Crippen LogP contribution in [0, 0.1) is 42.9 Å². The molecule has 0 atom stereocenters. The van der Waals surface area contributed by atoms with Gasteiger partial charge >= 0.3 is 5.69 Å². The summed E-state index contributed by atoms with van der Waals surface area (Å²) in [6.45, 7) is 0. The minimum absolute atomic E-state index is 0.0697. The second-order valence-electron chi connectivity index (χ2n) is 4.62. The summed E-state index contributed by atoms with van der Waals surface area (Å²) in [6.07, 6.45) is 1.37. The van der Waals surface area contributed by atoms with Crippen LogP contribution in [0.25, 0.3) is 6.08 Å². The fourth-order valence-electron chi connectivity index (χ4n) is 1.86. The molecule has 9 nitrogen and oxygen atoms in total. The highest BCUT2D eigenvalue weighted by atomic mass is 16.6. The van der Waals surface area contributed by atoms with Gasteiger partial charge < -0.3 is 4.74 Å². The third kappa shape index (κ3) is 4.15. The number of benzene rings is 2. The molecule has 0 saturated carbocycles. The molecular formula is C16H8N4O5. The van der Waals surface area contributed by atoms with Crippen LogP contribution in [0.15, 0.2) is 48.0 Å². The fraction of sp³-hybridized carbons (Fsp3) is 0. The maximum atomic E-state index is 11.1. The van der Waals surface area contributed by atoms with E-state index in [2.05, 4.69) is 0 Å². The quantitative estimate of drug-likeness (QED) is 0.459. The van der Waals surface area contributed by atoms with Gasteiger partial charge in [-0.25, -0.2) is 0 Å². The van der Waals surface area contributed by atoms with Gasteiger partial charge in [-0.3, -0.25) is 20.2 Å². The molecule has 0 N–H and O–H groups in total. The van der Waals surface area contributed by atoms with Crippen LogP contribution >= 0.6 is 0 Å². The van der Waals surface area contributed by atoms with Crippen LogP contribution in [0.2, 0.25) is 0 Å². The Balaban J connectivity index is 2.30. The Hall–Kier alpha value is -4.24. The van der Waals surface area contributed by atoms with E-state index in [4.69, 9.17) is 15.3 Å². The largest absolute Gasteiger partial charge is 0.450 e. The van der Waals surface area contributed by atoms with Gasteiger partial charge in [0.05, 0.1) is 15.9 Å². The lowest BCUT2D eigenvalue weighted by molar-refractivity contribution is -0.394. The minimum Gasteiger partial charge on any atom is -0.450 e. The summed E-state index contributed by atoms with van der Waals surface area (Å²) < 4.78 is 5.40. The number of non-ortho nitro benzene ring substituents is 1. The lowest BCUT2D eigenvalue weighted by atomic mass is 10.1. The smallest absolute Gasteiger partial charge is 0.318 e. The van der Waals surface area contributed by atoms with Gasteiger partial charge in [0, 0.05) is 6.07 Å². The van der Waals surface area contributed by atoms with Crippen molar-refractivity contribution in [3.63, 3.8) is 0 Å². The highest BCUT2D eigenvalue weighted by Gasteiger charge is 2.21. The first-order chi connectivity index (χ1) is 11.9. The Morgan fingerprint density at radius 2 is 1.64 bits per heavy atom. The monoisotopic (exact) mass is 336 g/mol. The molecule has 2 rings (SSSR count). The Labute approximate surface area is 140 Å². The van der Waals surface area contributed by atoms with Gasteiger partial charge in [0.25, 0.3) is 5.69 Å². The summed E-state index contributed by atoms with van der Waals surface area (Å²) in [5.41, 5.74) is -0.446. The van der Waals surface area contributed by atoms with Crippen LogP contribution in [0.4, 0.5) is 11.4 Å². The van der Waals surface area contributed by atoms with Crippen LogP contribution in [0.5, 0.6) is 11.5 Å². The van der Waals surface area contributed by atoms with Crippen molar-refractivity contribution in [2.75, 3.05) is 0 Å². The van der Waals surface area contributed by atoms with E-state index >= 15 is 0 Å². The lowest BCUT2D eigenvalue weighted by Gasteiger charge is -2.06. The Morgan fingerprint density at radius 3 is 2.16 bits per heavy atom. The first-order valence-corrected chi connectivity index (χ1v) is 6.67. The van der Waals surface area contributed by atoms with Crippen LogP contribution in [-0.2, 0) is 0 Å². The van der Waals surface area contributed by atoms with Gasteiger partial charge in [0.1, 0.15) is 23.5 Å². The van der Waals surface area contributed by atoms with Gasteiger partial charge in [0.15, 0.2) is 0 Å². The van der Waals surface area contributed by atoms with Crippen LogP contribution in [0.1, 0.15) is 5.56 Å². The molecule has 0 saturated heterocycles. The van der Waals surface area contributed by atoms with E-state index in [1.807, 2.05) is 0 Å². The molecule has 0 amide bonds. The highest BCUT2D eigenvalue weighted by molar-refractivity contribution is 5.62. The number of nitrogens with zero attached hydrogens (tertiary/aromatic N) is 4. The Morgan fingerprint density at radius 1 is 1.00 bits per heavy atom. The molecular weight excluding hydrogens is 328 g/mol. The molecule has 0 aromatic heterocycles. The molecule has 122 valence electrons. The van der Waals surface area contributed by atoms with E-state index in [9.17, 15) is 20.2 Å². The molecule has 0 aliphatic carbocycles. The Bertz CT molecular complexity index is 936. The Kier molecular flexibility index (Phi) is 5.03. The van der Waals surface area contributed by atoms with Crippen molar-refractivity contribution in [3.05, 3.63) is 73.8 Å². The summed E-state index contributed by atoms with van der Waals surface area (Å²) in [5.74, 6) is 0.109. The van der Waals surface area contributed by atoms with Crippen molar-refractivity contribution in [2.45, 2.75) is 0 Å². The molecule has 0 aliphatic heterocycles. The number of rotatable bonds is 5. The predicted molar refractivity (Wildman–Crippen MR) is 85.5 cm³/mol. The molecule has 25 heavy (non-hydrogen) atoms. The summed E-state index contributed by atoms with van der Waals surface area (Å²) in [5, 5.41) is 39.2. The summed E-state index contributed by atoms with van der Waals surface area (Å²) in [6, 6.07) is 12.6. The second kappa shape index (κ2) is 7.35. The van der Waals surface area contributed by atoms with E-state index in [0.717, 1.165) is 18.2 Å². The van der Waals surface area contributed by atoms with Crippen molar-refractivity contribution in [1.82, 2.24) is 0 Å². The fourth-order valence-corrected chi connectivity index (χ4v) is 1.86. The van der Waals surface area contributed by atoms with E-state index in [1.54, 1.807) is 24.3 Å². The van der Waals surface area contributed by atoms with Gasteiger partial charge in [0.2, 0.25) is 5.75 Å². The number of hydrogen-bond donors (Lipinski definition) is 0. The molecule has 0 radical (unpaired) electrons. The third-order valence-electron chi connectivity index (χ3n) is 3.01. The zero-order chi connectivity index (χ0) is 18.4. The molecule has 0 bridgehead atoms. The summed E-state index contributed by atoms with van der Waals surface area (Å²) in [7, 11) is 0. The number of nitro groups is 2. The second-order valence-corrected chi connectivity index (χ2v) is 4.62. The number of allylic oxidation sites excluding steroid dienone is 1. The molecule has 0 spiro atoms. The maximum absolute atomic E-state index is 11.1. The van der Waals surface area contributed by atoms with Gasteiger partial charge in [-0.2, -0.15) is 10.5 Å². The van der Waals surface area contributed by atoms with Crippen molar-refractivity contribution in [3.8, 4) is 23.6 Å². The van der Waals surface area contributed by atoms with Crippen LogP contribution in [0.3, 0.4) is 0 Å². The summed E-state index contributed by atoms with van der Waals surface area (Å²) in [4.78, 5) is 20.3. The first-order valence-electron chi connectivity index (χ1n) is 6.67. The van der Waals surface area contributed by atoms with Crippen molar-refractivity contribution in [2.24, 2.45) is 0 Å². The average Bonchev–Trinajstić information content (AvgIpc) is 2.61. The summed E-state index contributed by atoms with van der Waals surface area (Å²) >= 11 is 0.